The number of aliphatic imine (C=N–C) groups is 2. The number of hydrogen-bond donors (Lipinski definition) is 8. The number of rotatable bonds is 10. The molecule has 2 amide bonds. The Morgan fingerprint density at radius 1 is 1.29 bits per heavy atom. The van der Waals surface area contributed by atoms with E-state index in [0.29, 0.717) is 55.7 Å². The number of amides is 2. The minimum Gasteiger partial charge on any atom is -0.480 e. The zero-order chi connectivity index (χ0) is 39.6. The van der Waals surface area contributed by atoms with Gasteiger partial charge in [-0.2, -0.15) is 4.99 Å². The van der Waals surface area contributed by atoms with Crippen LogP contribution in [0, 0.1) is 28.1 Å². The van der Waals surface area contributed by atoms with Gasteiger partial charge in [-0.15, -0.1) is 0 Å². The van der Waals surface area contributed by atoms with Gasteiger partial charge in [0.1, 0.15) is 22.7 Å². The topological polar surface area (TPSA) is 260 Å². The molecule has 6 heterocycles. The van der Waals surface area contributed by atoms with Crippen molar-refractivity contribution in [2.75, 3.05) is 25.1 Å². The Morgan fingerprint density at radius 2 is 2.09 bits per heavy atom. The van der Waals surface area contributed by atoms with Crippen LogP contribution in [-0.2, 0) is 16.6 Å². The molecule has 18 nitrogen and oxygen atoms in total. The zero-order valence-electron chi connectivity index (χ0n) is 31.6. The Labute approximate surface area is 321 Å². The molecule has 8 N–H and O–H groups in total. The number of fused-ring (bicyclic) bond motifs is 2. The minimum atomic E-state index is -0.840. The van der Waals surface area contributed by atoms with Crippen LogP contribution in [0.5, 0.6) is 5.95 Å². The number of guanidine groups is 2. The summed E-state index contributed by atoms with van der Waals surface area (Å²) in [6.45, 7) is 6.54. The lowest BCUT2D eigenvalue weighted by molar-refractivity contribution is -0.185. The van der Waals surface area contributed by atoms with Crippen LogP contribution in [0.1, 0.15) is 74.3 Å². The number of epoxide rings is 1. The SMILES string of the molecule is CC(NC1CC2[C@](C)(CC[C@@H](O)[C@@]2(C)CO)C(CC(Nc2ccccn2)c2cc(C=c3nc4c(n3C)=NC(=N)NC4=O)oc2O)C12CO2)C(=O)NC1=NCC=N1. The van der Waals surface area contributed by atoms with Gasteiger partial charge < -0.3 is 39.7 Å². The maximum Gasteiger partial charge on any atom is 0.287 e. The Kier molecular flexibility index (Phi) is 9.42. The smallest absolute Gasteiger partial charge is 0.287 e. The highest BCUT2D eigenvalue weighted by atomic mass is 16.6. The Balaban J connectivity index is 1.18. The van der Waals surface area contributed by atoms with Gasteiger partial charge in [0, 0.05) is 37.0 Å². The molecule has 3 fully saturated rings. The van der Waals surface area contributed by atoms with Crippen molar-refractivity contribution >= 4 is 41.8 Å². The highest BCUT2D eigenvalue weighted by Gasteiger charge is 2.71. The molecule has 6 unspecified atom stereocenters. The number of pyridine rings is 1. The zero-order valence-corrected chi connectivity index (χ0v) is 31.6. The van der Waals surface area contributed by atoms with Crippen LogP contribution in [0.15, 0.2) is 49.9 Å². The van der Waals surface area contributed by atoms with Crippen LogP contribution in [0.4, 0.5) is 5.82 Å². The number of carbonyl (C=O) groups excluding carboxylic acids is 2. The predicted molar refractivity (Wildman–Crippen MR) is 202 cm³/mol. The number of anilines is 1. The third kappa shape index (κ3) is 6.39. The number of aromatic nitrogens is 3. The van der Waals surface area contributed by atoms with Gasteiger partial charge in [-0.3, -0.25) is 25.6 Å². The molecule has 1 saturated heterocycles. The summed E-state index contributed by atoms with van der Waals surface area (Å²) >= 11 is 0. The summed E-state index contributed by atoms with van der Waals surface area (Å²) in [6, 6.07) is 5.64. The molecule has 2 aliphatic carbocycles. The first-order valence-corrected chi connectivity index (χ1v) is 18.9. The number of aromatic hydroxyl groups is 1. The number of aliphatic hydroxyl groups excluding tert-OH is 2. The second-order valence-electron chi connectivity index (χ2n) is 16.0. The lowest BCUT2D eigenvalue weighted by Crippen LogP contribution is -2.68. The van der Waals surface area contributed by atoms with Crippen molar-refractivity contribution in [2.24, 2.45) is 44.7 Å². The highest BCUT2D eigenvalue weighted by molar-refractivity contribution is 6.06. The van der Waals surface area contributed by atoms with E-state index < -0.39 is 40.5 Å². The fourth-order valence-corrected chi connectivity index (χ4v) is 9.68. The largest absolute Gasteiger partial charge is 0.480 e. The van der Waals surface area contributed by atoms with Gasteiger partial charge in [0.25, 0.3) is 11.9 Å². The van der Waals surface area contributed by atoms with Gasteiger partial charge in [0.15, 0.2) is 11.2 Å². The molecule has 3 aromatic rings. The van der Waals surface area contributed by atoms with E-state index >= 15 is 0 Å². The average molecular weight is 770 g/mol. The molecule has 296 valence electrons. The molecular formula is C38H47N11O7. The molecule has 5 aliphatic rings. The van der Waals surface area contributed by atoms with Crippen molar-refractivity contribution in [3.63, 3.8) is 0 Å². The van der Waals surface area contributed by atoms with E-state index in [9.17, 15) is 24.9 Å². The van der Waals surface area contributed by atoms with Crippen LogP contribution in [0.25, 0.3) is 6.08 Å². The van der Waals surface area contributed by atoms with Gasteiger partial charge in [-0.1, -0.05) is 19.9 Å². The van der Waals surface area contributed by atoms with E-state index in [1.165, 1.54) is 0 Å². The van der Waals surface area contributed by atoms with Crippen LogP contribution >= 0.6 is 0 Å². The van der Waals surface area contributed by atoms with Gasteiger partial charge in [0.05, 0.1) is 43.5 Å². The van der Waals surface area contributed by atoms with Crippen molar-refractivity contribution in [2.45, 2.75) is 76.3 Å². The first kappa shape index (κ1) is 37.6. The van der Waals surface area contributed by atoms with E-state index in [1.54, 1.807) is 43.1 Å². The van der Waals surface area contributed by atoms with E-state index in [4.69, 9.17) is 14.6 Å². The maximum absolute atomic E-state index is 13.4. The Hall–Kier alpha value is -5.30. The van der Waals surface area contributed by atoms with Crippen LogP contribution in [-0.4, -0.2) is 103 Å². The maximum atomic E-state index is 13.4. The van der Waals surface area contributed by atoms with Crippen molar-refractivity contribution in [3.8, 4) is 5.95 Å². The third-order valence-corrected chi connectivity index (χ3v) is 12.8. The molecule has 56 heavy (non-hydrogen) atoms. The lowest BCUT2D eigenvalue weighted by Gasteiger charge is -2.63. The predicted octanol–water partition coefficient (Wildman–Crippen LogP) is 0.252. The molecular weight excluding hydrogens is 722 g/mol. The number of carbonyl (C=O) groups is 2. The number of imidazole rings is 1. The number of nitrogens with zero attached hydrogens (tertiary/aromatic N) is 6. The summed E-state index contributed by atoms with van der Waals surface area (Å²) in [6.07, 6.45) is 6.25. The molecule has 8 rings (SSSR count). The number of furan rings is 1. The monoisotopic (exact) mass is 769 g/mol. The van der Waals surface area contributed by atoms with Gasteiger partial charge >= 0.3 is 0 Å². The fourth-order valence-electron chi connectivity index (χ4n) is 9.68. The van der Waals surface area contributed by atoms with Crippen LogP contribution < -0.4 is 32.2 Å². The first-order chi connectivity index (χ1) is 26.8. The molecule has 3 aliphatic heterocycles. The van der Waals surface area contributed by atoms with Crippen molar-refractivity contribution in [1.82, 2.24) is 30.5 Å². The van der Waals surface area contributed by atoms with E-state index in [0.717, 1.165) is 0 Å². The second kappa shape index (κ2) is 14.0. The van der Waals surface area contributed by atoms with Crippen LogP contribution in [0.3, 0.4) is 0 Å². The average Bonchev–Trinajstić information content (AvgIpc) is 3.43. The first-order valence-electron chi connectivity index (χ1n) is 18.9. The van der Waals surface area contributed by atoms with E-state index in [1.807, 2.05) is 25.1 Å². The van der Waals surface area contributed by atoms with Gasteiger partial charge in [0.2, 0.25) is 17.8 Å². The Bertz CT molecular complexity index is 2250. The third-order valence-electron chi connectivity index (χ3n) is 12.8. The summed E-state index contributed by atoms with van der Waals surface area (Å²) in [7, 11) is 1.67. The summed E-state index contributed by atoms with van der Waals surface area (Å²) in [5.74, 6) is -0.753. The molecule has 0 aromatic carbocycles. The number of ether oxygens (including phenoxy) is 1. The van der Waals surface area contributed by atoms with Crippen molar-refractivity contribution in [1.29, 1.82) is 5.41 Å². The number of hydrogen-bond acceptors (Lipinski definition) is 14. The highest BCUT2D eigenvalue weighted by Crippen LogP contribution is 2.67. The number of nitrogens with one attached hydrogen (secondary N) is 5. The lowest BCUT2D eigenvalue weighted by atomic mass is 9.43. The molecule has 0 bridgehead atoms. The molecule has 18 heteroatoms. The standard InChI is InChI=1S/C38H47N11O7/c1-19(31(52)48-35-41-11-12-42-35)43-25-16-23-36(2,9-8-26(51)37(23,3)17-50)24(38(25)18-55-38)15-22(44-27-7-5-6-10-40-27)21-13-20(56-33(21)54)14-28-45-29-30(49(28)4)46-34(39)47-32(29)53/h5-7,10-11,13-14,19,22-26,43,50-51,54H,8-9,12,15-18H2,1-4H3,(H,40,44)(H2,39,47,53)(H,42,48,52)/t19?,22?,23?,24?,25?,26-,36+,37+,38?/m1/s1. The normalized spacial score (nSPS) is 31.9. The fraction of sp³-hybridized carbons (Fsp3) is 0.526. The number of aliphatic hydroxyl groups is 2. The summed E-state index contributed by atoms with van der Waals surface area (Å²) in [5.41, 5.74) is -0.938. The Morgan fingerprint density at radius 3 is 2.79 bits per heavy atom. The quantitative estimate of drug-likeness (QED) is 0.130. The summed E-state index contributed by atoms with van der Waals surface area (Å²) in [5, 5.41) is 53.9. The van der Waals surface area contributed by atoms with Crippen LogP contribution in [0.2, 0.25) is 0 Å². The molecule has 1 spiro atoms. The van der Waals surface area contributed by atoms with Crippen molar-refractivity contribution in [3.05, 3.63) is 58.4 Å². The van der Waals surface area contributed by atoms with E-state index in [-0.39, 0.29) is 65.2 Å². The summed E-state index contributed by atoms with van der Waals surface area (Å²) < 4.78 is 14.0. The minimum absolute atomic E-state index is 0.0681. The van der Waals surface area contributed by atoms with E-state index in [2.05, 4.69) is 53.1 Å². The van der Waals surface area contributed by atoms with Gasteiger partial charge in [-0.05, 0) is 68.1 Å². The van der Waals surface area contributed by atoms with Crippen molar-refractivity contribution < 1.29 is 34.1 Å². The van der Waals surface area contributed by atoms with Gasteiger partial charge in [-0.25, -0.2) is 20.0 Å². The summed E-state index contributed by atoms with van der Waals surface area (Å²) in [4.78, 5) is 47.3. The molecule has 3 aromatic heterocycles. The molecule has 9 atom stereocenters. The second-order valence-corrected chi connectivity index (χ2v) is 16.0. The molecule has 0 radical (unpaired) electrons. The molecule has 2 saturated carbocycles.